The van der Waals surface area contributed by atoms with Crippen molar-refractivity contribution in [3.8, 4) is 0 Å². The maximum Gasteiger partial charge on any atom is 0.268 e. The number of carbonyl (C=O) groups excluding carboxylic acids is 2. The molecule has 0 radical (unpaired) electrons. The molecule has 2 aliphatic rings. The zero-order valence-electron chi connectivity index (χ0n) is 11.9. The smallest absolute Gasteiger partial charge is 0.268 e. The number of imide groups is 1. The first-order valence-electron chi connectivity index (χ1n) is 6.81. The van der Waals surface area contributed by atoms with Gasteiger partial charge in [0.25, 0.3) is 11.8 Å². The van der Waals surface area contributed by atoms with Crippen molar-refractivity contribution in [1.82, 2.24) is 9.88 Å². The van der Waals surface area contributed by atoms with Crippen LogP contribution in [0.5, 0.6) is 0 Å². The first kappa shape index (κ1) is 12.6. The number of hydrogen-bond acceptors (Lipinski definition) is 5. The molecule has 0 bridgehead atoms. The van der Waals surface area contributed by atoms with E-state index in [2.05, 4.69) is 9.98 Å². The van der Waals surface area contributed by atoms with Gasteiger partial charge in [-0.3, -0.25) is 9.59 Å². The topological polar surface area (TPSA) is 62.6 Å². The fraction of sp³-hybridized carbons (Fsp3) is 0.333. The normalized spacial score (nSPS) is 24.0. The van der Waals surface area contributed by atoms with E-state index < -0.39 is 5.54 Å². The monoisotopic (exact) mass is 299 g/mol. The lowest BCUT2D eigenvalue weighted by Crippen LogP contribution is -2.44. The number of nitrogens with zero attached hydrogens (tertiary/aromatic N) is 3. The van der Waals surface area contributed by atoms with Crippen molar-refractivity contribution in [3.05, 3.63) is 28.8 Å². The van der Waals surface area contributed by atoms with Crippen LogP contribution in [0.2, 0.25) is 0 Å². The van der Waals surface area contributed by atoms with Crippen LogP contribution in [0.4, 0.5) is 0 Å². The summed E-state index contributed by atoms with van der Waals surface area (Å²) in [5.74, 6) is -0.131. The lowest BCUT2D eigenvalue weighted by atomic mass is 9.88. The summed E-state index contributed by atoms with van der Waals surface area (Å²) >= 11 is 1.51. The predicted octanol–water partition coefficient (Wildman–Crippen LogP) is 2.45. The standard InChI is InChI=1S/C15H13N3O2S/c1-7(2)15(3)14(20)18-11(17-15)10-9(13(18)19)6-8-4-5-21-12(8)16-10/h4-7H,1-3H3. The Morgan fingerprint density at radius 2 is 2.10 bits per heavy atom. The second-order valence-electron chi connectivity index (χ2n) is 5.88. The Morgan fingerprint density at radius 3 is 2.81 bits per heavy atom. The summed E-state index contributed by atoms with van der Waals surface area (Å²) < 4.78 is 0. The molecule has 0 aliphatic carbocycles. The van der Waals surface area contributed by atoms with E-state index in [1.54, 1.807) is 13.0 Å². The van der Waals surface area contributed by atoms with Crippen molar-refractivity contribution in [2.75, 3.05) is 0 Å². The summed E-state index contributed by atoms with van der Waals surface area (Å²) in [5.41, 5.74) is 0.126. The first-order valence-corrected chi connectivity index (χ1v) is 7.69. The number of aromatic nitrogens is 1. The second-order valence-corrected chi connectivity index (χ2v) is 6.78. The molecule has 21 heavy (non-hydrogen) atoms. The number of fused-ring (bicyclic) bond motifs is 4. The van der Waals surface area contributed by atoms with Crippen LogP contribution in [0.1, 0.15) is 36.8 Å². The van der Waals surface area contributed by atoms with Crippen LogP contribution in [-0.4, -0.2) is 33.1 Å². The molecular formula is C15H13N3O2S. The highest BCUT2D eigenvalue weighted by atomic mass is 32.1. The van der Waals surface area contributed by atoms with E-state index in [1.807, 2.05) is 25.3 Å². The van der Waals surface area contributed by atoms with E-state index in [1.165, 1.54) is 16.2 Å². The quantitative estimate of drug-likeness (QED) is 0.760. The maximum absolute atomic E-state index is 12.6. The fourth-order valence-corrected chi connectivity index (χ4v) is 3.47. The van der Waals surface area contributed by atoms with Crippen molar-refractivity contribution >= 4 is 39.2 Å². The Kier molecular flexibility index (Phi) is 2.27. The Hall–Kier alpha value is -2.08. The predicted molar refractivity (Wildman–Crippen MR) is 80.6 cm³/mol. The number of amides is 2. The third-order valence-corrected chi connectivity index (χ3v) is 5.22. The average molecular weight is 299 g/mol. The SMILES string of the molecule is CC(C)C1(C)N=C2c3nc4sccc4cc3C(=O)N2C1=O. The van der Waals surface area contributed by atoms with Gasteiger partial charge >= 0.3 is 0 Å². The van der Waals surface area contributed by atoms with E-state index >= 15 is 0 Å². The van der Waals surface area contributed by atoms with E-state index in [-0.39, 0.29) is 17.7 Å². The Bertz CT molecular complexity index is 852. The van der Waals surface area contributed by atoms with Gasteiger partial charge in [-0.25, -0.2) is 14.9 Å². The number of rotatable bonds is 1. The van der Waals surface area contributed by atoms with E-state index in [4.69, 9.17) is 0 Å². The van der Waals surface area contributed by atoms with Gasteiger partial charge in [0.05, 0.1) is 5.56 Å². The van der Waals surface area contributed by atoms with Crippen LogP contribution in [0.3, 0.4) is 0 Å². The zero-order chi connectivity index (χ0) is 14.9. The third-order valence-electron chi connectivity index (χ3n) is 4.40. The number of amidine groups is 1. The summed E-state index contributed by atoms with van der Waals surface area (Å²) in [5, 5.41) is 2.86. The van der Waals surface area contributed by atoms with Gasteiger partial charge in [0.1, 0.15) is 16.1 Å². The molecule has 4 heterocycles. The average Bonchev–Trinajstić information content (AvgIpc) is 3.07. The van der Waals surface area contributed by atoms with Gasteiger partial charge < -0.3 is 0 Å². The fourth-order valence-electron chi connectivity index (χ4n) is 2.72. The third kappa shape index (κ3) is 1.40. The number of aliphatic imine (C=N–C) groups is 1. The molecule has 0 aromatic carbocycles. The van der Waals surface area contributed by atoms with Gasteiger partial charge in [-0.1, -0.05) is 13.8 Å². The van der Waals surface area contributed by atoms with Gasteiger partial charge in [0.2, 0.25) is 0 Å². The van der Waals surface area contributed by atoms with E-state index in [9.17, 15) is 9.59 Å². The Balaban J connectivity index is 1.99. The van der Waals surface area contributed by atoms with Gasteiger partial charge in [-0.05, 0) is 30.4 Å². The van der Waals surface area contributed by atoms with Gasteiger partial charge in [-0.15, -0.1) is 11.3 Å². The molecular weight excluding hydrogens is 286 g/mol. The molecule has 0 saturated carbocycles. The Morgan fingerprint density at radius 1 is 1.33 bits per heavy atom. The molecule has 106 valence electrons. The van der Waals surface area contributed by atoms with Crippen molar-refractivity contribution in [2.45, 2.75) is 26.3 Å². The van der Waals surface area contributed by atoms with Crippen LogP contribution in [0.25, 0.3) is 10.2 Å². The van der Waals surface area contributed by atoms with Gasteiger partial charge in [-0.2, -0.15) is 0 Å². The summed E-state index contributed by atoms with van der Waals surface area (Å²) in [6.07, 6.45) is 0. The minimum absolute atomic E-state index is 0.0184. The molecule has 1 unspecified atom stereocenters. The number of carbonyl (C=O) groups is 2. The van der Waals surface area contributed by atoms with Crippen LogP contribution in [0, 0.1) is 5.92 Å². The minimum Gasteiger partial charge on any atom is -0.271 e. The molecule has 2 aliphatic heterocycles. The lowest BCUT2D eigenvalue weighted by molar-refractivity contribution is -0.130. The lowest BCUT2D eigenvalue weighted by Gasteiger charge is -2.24. The van der Waals surface area contributed by atoms with Crippen molar-refractivity contribution in [2.24, 2.45) is 10.9 Å². The maximum atomic E-state index is 12.6. The highest BCUT2D eigenvalue weighted by molar-refractivity contribution is 7.16. The van der Waals surface area contributed by atoms with Crippen molar-refractivity contribution in [3.63, 3.8) is 0 Å². The molecule has 1 atom stereocenters. The van der Waals surface area contributed by atoms with Crippen LogP contribution >= 0.6 is 11.3 Å². The molecule has 0 saturated heterocycles. The molecule has 6 heteroatoms. The van der Waals surface area contributed by atoms with Gasteiger partial charge in [0, 0.05) is 5.39 Å². The first-order chi connectivity index (χ1) is 9.93. The number of hydrogen-bond donors (Lipinski definition) is 0. The molecule has 5 nitrogen and oxygen atoms in total. The zero-order valence-corrected chi connectivity index (χ0v) is 12.7. The molecule has 0 fully saturated rings. The van der Waals surface area contributed by atoms with Crippen LogP contribution < -0.4 is 0 Å². The molecule has 2 aromatic rings. The van der Waals surface area contributed by atoms with E-state index in [0.29, 0.717) is 17.1 Å². The summed E-state index contributed by atoms with van der Waals surface area (Å²) in [4.78, 5) is 36.3. The number of pyridine rings is 1. The van der Waals surface area contributed by atoms with Crippen molar-refractivity contribution < 1.29 is 9.59 Å². The minimum atomic E-state index is -0.880. The van der Waals surface area contributed by atoms with Crippen LogP contribution in [0.15, 0.2) is 22.5 Å². The summed E-state index contributed by atoms with van der Waals surface area (Å²) in [7, 11) is 0. The largest absolute Gasteiger partial charge is 0.271 e. The molecule has 2 amide bonds. The molecule has 0 spiro atoms. The number of thiophene rings is 1. The summed E-state index contributed by atoms with van der Waals surface area (Å²) in [6, 6.07) is 3.73. The second kappa shape index (κ2) is 3.76. The van der Waals surface area contributed by atoms with Crippen LogP contribution in [-0.2, 0) is 4.79 Å². The van der Waals surface area contributed by atoms with E-state index in [0.717, 1.165) is 10.2 Å². The highest BCUT2D eigenvalue weighted by Gasteiger charge is 2.54. The molecule has 0 N–H and O–H groups in total. The highest BCUT2D eigenvalue weighted by Crippen LogP contribution is 2.38. The molecule has 2 aromatic heterocycles. The molecule has 4 rings (SSSR count). The Labute approximate surface area is 125 Å². The summed E-state index contributed by atoms with van der Waals surface area (Å²) in [6.45, 7) is 5.65. The van der Waals surface area contributed by atoms with Crippen molar-refractivity contribution in [1.29, 1.82) is 0 Å². The van der Waals surface area contributed by atoms with Gasteiger partial charge in [0.15, 0.2) is 5.84 Å².